The van der Waals surface area contributed by atoms with E-state index in [-0.39, 0.29) is 23.9 Å². The number of sulfonamides is 1. The molecule has 42 heavy (non-hydrogen) atoms. The molecule has 0 saturated carbocycles. The fourth-order valence-electron chi connectivity index (χ4n) is 4.98. The second-order valence-electron chi connectivity index (χ2n) is 10.1. The second kappa shape index (κ2) is 13.6. The van der Waals surface area contributed by atoms with E-state index in [0.29, 0.717) is 31.8 Å². The van der Waals surface area contributed by atoms with Gasteiger partial charge in [-0.3, -0.25) is 4.79 Å². The minimum Gasteiger partial charge on any atom is -0.497 e. The summed E-state index contributed by atoms with van der Waals surface area (Å²) in [5.41, 5.74) is 2.81. The van der Waals surface area contributed by atoms with Gasteiger partial charge in [0.2, 0.25) is 15.9 Å². The van der Waals surface area contributed by atoms with Gasteiger partial charge in [0.1, 0.15) is 5.75 Å². The highest BCUT2D eigenvalue weighted by Crippen LogP contribution is 2.22. The zero-order valence-corrected chi connectivity index (χ0v) is 24.5. The van der Waals surface area contributed by atoms with Gasteiger partial charge in [-0.2, -0.15) is 4.31 Å². The monoisotopic (exact) mass is 585 g/mol. The molecule has 10 heteroatoms. The van der Waals surface area contributed by atoms with Crippen molar-refractivity contribution in [2.75, 3.05) is 51.3 Å². The molecule has 1 fully saturated rings. The van der Waals surface area contributed by atoms with E-state index in [4.69, 9.17) is 4.74 Å². The molecular formula is C32H35N5O4S. The van der Waals surface area contributed by atoms with E-state index < -0.39 is 10.0 Å². The Hall–Kier alpha value is -4.28. The van der Waals surface area contributed by atoms with Gasteiger partial charge < -0.3 is 14.5 Å². The largest absolute Gasteiger partial charge is 0.497 e. The lowest BCUT2D eigenvalue weighted by molar-refractivity contribution is -0.131. The lowest BCUT2D eigenvalue weighted by atomic mass is 10.1. The molecule has 1 aromatic heterocycles. The van der Waals surface area contributed by atoms with Crippen LogP contribution >= 0.6 is 0 Å². The summed E-state index contributed by atoms with van der Waals surface area (Å²) in [7, 11) is -2.39. The van der Waals surface area contributed by atoms with Gasteiger partial charge in [0.05, 0.1) is 24.2 Å². The van der Waals surface area contributed by atoms with Crippen LogP contribution in [-0.2, 0) is 21.2 Å². The lowest BCUT2D eigenvalue weighted by Gasteiger charge is -2.27. The fourth-order valence-corrected chi connectivity index (χ4v) is 6.37. The first kappa shape index (κ1) is 29.2. The number of aromatic nitrogens is 2. The zero-order valence-electron chi connectivity index (χ0n) is 23.7. The number of ether oxygens (including phenoxy) is 1. The summed E-state index contributed by atoms with van der Waals surface area (Å²) in [5.74, 6) is 1.11. The summed E-state index contributed by atoms with van der Waals surface area (Å²) < 4.78 is 33.9. The number of hydrogen-bond donors (Lipinski definition) is 0. The maximum atomic E-state index is 13.7. The number of benzene rings is 3. The lowest BCUT2D eigenvalue weighted by Crippen LogP contribution is -2.44. The molecule has 3 aromatic carbocycles. The Morgan fingerprint density at radius 2 is 1.55 bits per heavy atom. The van der Waals surface area contributed by atoms with Crippen LogP contribution in [0.15, 0.2) is 102 Å². The Kier molecular flexibility index (Phi) is 9.45. The third-order valence-corrected chi connectivity index (χ3v) is 9.25. The third-order valence-electron chi connectivity index (χ3n) is 7.39. The van der Waals surface area contributed by atoms with Crippen molar-refractivity contribution in [1.29, 1.82) is 0 Å². The van der Waals surface area contributed by atoms with Gasteiger partial charge in [0.25, 0.3) is 0 Å². The van der Waals surface area contributed by atoms with Crippen LogP contribution < -0.4 is 9.64 Å². The first-order valence-electron chi connectivity index (χ1n) is 14.0. The van der Waals surface area contributed by atoms with Gasteiger partial charge >= 0.3 is 0 Å². The molecule has 1 saturated heterocycles. The highest BCUT2D eigenvalue weighted by Gasteiger charge is 2.29. The van der Waals surface area contributed by atoms with Crippen molar-refractivity contribution in [1.82, 2.24) is 19.4 Å². The van der Waals surface area contributed by atoms with E-state index in [9.17, 15) is 13.2 Å². The van der Waals surface area contributed by atoms with Crippen LogP contribution in [0, 0.1) is 0 Å². The predicted molar refractivity (Wildman–Crippen MR) is 163 cm³/mol. The Morgan fingerprint density at radius 3 is 2.21 bits per heavy atom. The van der Waals surface area contributed by atoms with Gasteiger partial charge in [-0.1, -0.05) is 60.7 Å². The molecule has 0 aliphatic carbocycles. The molecule has 1 amide bonds. The maximum absolute atomic E-state index is 13.7. The number of methoxy groups -OCH3 is 1. The van der Waals surface area contributed by atoms with Crippen LogP contribution in [-0.4, -0.2) is 80.1 Å². The Balaban J connectivity index is 1.26. The van der Waals surface area contributed by atoms with Crippen LogP contribution in [0.25, 0.3) is 11.3 Å². The molecule has 9 nitrogen and oxygen atoms in total. The Morgan fingerprint density at radius 1 is 0.833 bits per heavy atom. The topological polar surface area (TPSA) is 95.9 Å². The van der Waals surface area contributed by atoms with Gasteiger partial charge in [-0.15, -0.1) is 10.2 Å². The summed E-state index contributed by atoms with van der Waals surface area (Å²) in [4.78, 5) is 17.6. The minimum absolute atomic E-state index is 0.128. The molecule has 0 unspecified atom stereocenters. The van der Waals surface area contributed by atoms with Gasteiger partial charge in [0.15, 0.2) is 5.82 Å². The molecule has 0 bridgehead atoms. The van der Waals surface area contributed by atoms with Crippen LogP contribution in [0.1, 0.15) is 12.0 Å². The number of rotatable bonds is 10. The molecular weight excluding hydrogens is 550 g/mol. The number of nitrogens with zero attached hydrogens (tertiary/aromatic N) is 5. The predicted octanol–water partition coefficient (Wildman–Crippen LogP) is 4.12. The van der Waals surface area contributed by atoms with Crippen molar-refractivity contribution in [3.05, 3.63) is 103 Å². The summed E-state index contributed by atoms with van der Waals surface area (Å²) in [6.45, 7) is 2.28. The SMILES string of the molecule is COc1ccc(S(=O)(=O)N(CCc2ccccc2)CC(=O)N2CCCN(c3ccc(-c4ccccc4)nn3)CC2)cc1. The molecule has 5 rings (SSSR count). The van der Waals surface area contributed by atoms with E-state index in [0.717, 1.165) is 35.6 Å². The number of amides is 1. The molecule has 1 aliphatic heterocycles. The molecule has 2 heterocycles. The number of anilines is 1. The fraction of sp³-hybridized carbons (Fsp3) is 0.281. The first-order valence-corrected chi connectivity index (χ1v) is 15.5. The first-order chi connectivity index (χ1) is 20.4. The van der Waals surface area contributed by atoms with Crippen molar-refractivity contribution in [2.45, 2.75) is 17.7 Å². The molecule has 218 valence electrons. The van der Waals surface area contributed by atoms with Crippen molar-refractivity contribution < 1.29 is 17.9 Å². The van der Waals surface area contributed by atoms with Crippen LogP contribution in [0.3, 0.4) is 0 Å². The van der Waals surface area contributed by atoms with E-state index >= 15 is 0 Å². The van der Waals surface area contributed by atoms with Crippen LogP contribution in [0.4, 0.5) is 5.82 Å². The van der Waals surface area contributed by atoms with Crippen molar-refractivity contribution in [3.8, 4) is 17.0 Å². The smallest absolute Gasteiger partial charge is 0.243 e. The standard InChI is InChI=1S/C32H35N5O4S/c1-41-28-13-15-29(16-14-28)42(39,40)37(22-19-26-9-4-2-5-10-26)25-32(38)36-21-8-20-35(23-24-36)31-18-17-30(33-34-31)27-11-6-3-7-12-27/h2-7,9-18H,8,19-25H2,1H3. The highest BCUT2D eigenvalue weighted by atomic mass is 32.2. The molecule has 4 aromatic rings. The van der Waals surface area contributed by atoms with E-state index in [1.807, 2.05) is 72.8 Å². The number of hydrogen-bond acceptors (Lipinski definition) is 7. The normalized spacial score (nSPS) is 14.0. The van der Waals surface area contributed by atoms with Gasteiger partial charge in [-0.25, -0.2) is 8.42 Å². The third kappa shape index (κ3) is 7.13. The molecule has 1 aliphatic rings. The quantitative estimate of drug-likeness (QED) is 0.276. The van der Waals surface area contributed by atoms with Crippen LogP contribution in [0.2, 0.25) is 0 Å². The van der Waals surface area contributed by atoms with Crippen molar-refractivity contribution >= 4 is 21.7 Å². The minimum atomic E-state index is -3.92. The summed E-state index contributed by atoms with van der Waals surface area (Å²) in [5, 5.41) is 8.85. The second-order valence-corrected chi connectivity index (χ2v) is 12.1. The average molecular weight is 586 g/mol. The average Bonchev–Trinajstić information content (AvgIpc) is 3.30. The summed E-state index contributed by atoms with van der Waals surface area (Å²) in [6, 6.07) is 29.8. The van der Waals surface area contributed by atoms with Crippen molar-refractivity contribution in [3.63, 3.8) is 0 Å². The van der Waals surface area contributed by atoms with E-state index in [2.05, 4.69) is 15.1 Å². The van der Waals surface area contributed by atoms with E-state index in [1.54, 1.807) is 17.0 Å². The Labute approximate surface area is 247 Å². The summed E-state index contributed by atoms with van der Waals surface area (Å²) >= 11 is 0. The molecule has 0 atom stereocenters. The van der Waals surface area contributed by atoms with E-state index in [1.165, 1.54) is 23.5 Å². The van der Waals surface area contributed by atoms with Crippen molar-refractivity contribution in [2.24, 2.45) is 0 Å². The highest BCUT2D eigenvalue weighted by molar-refractivity contribution is 7.89. The molecule has 0 radical (unpaired) electrons. The molecule has 0 N–H and O–H groups in total. The summed E-state index contributed by atoms with van der Waals surface area (Å²) in [6.07, 6.45) is 1.23. The number of carbonyl (C=O) groups is 1. The maximum Gasteiger partial charge on any atom is 0.243 e. The van der Waals surface area contributed by atoms with Gasteiger partial charge in [0, 0.05) is 38.3 Å². The number of carbonyl (C=O) groups excluding carboxylic acids is 1. The van der Waals surface area contributed by atoms with Gasteiger partial charge in [-0.05, 0) is 54.8 Å². The molecule has 0 spiro atoms. The Bertz CT molecular complexity index is 1550. The zero-order chi connectivity index (χ0) is 29.4. The van der Waals surface area contributed by atoms with Crippen LogP contribution in [0.5, 0.6) is 5.75 Å².